The Morgan fingerprint density at radius 3 is 2.27 bits per heavy atom. The van der Waals surface area contributed by atoms with Crippen LogP contribution in [0.25, 0.3) is 17.2 Å². The van der Waals surface area contributed by atoms with Crippen LogP contribution in [0.5, 0.6) is 0 Å². The topological polar surface area (TPSA) is 114 Å². The van der Waals surface area contributed by atoms with Crippen molar-refractivity contribution >= 4 is 59.7 Å². The van der Waals surface area contributed by atoms with Crippen molar-refractivity contribution in [2.45, 2.75) is 88.4 Å². The van der Waals surface area contributed by atoms with Gasteiger partial charge >= 0.3 is 0 Å². The molecule has 41 heavy (non-hydrogen) atoms. The minimum absolute atomic E-state index is 0. The van der Waals surface area contributed by atoms with E-state index in [1.807, 2.05) is 47.6 Å². The first-order valence-corrected chi connectivity index (χ1v) is 14.7. The molecular formula is C30H42Cl2N8O. The Bertz CT molecular complexity index is 1290. The van der Waals surface area contributed by atoms with E-state index in [1.165, 1.54) is 25.7 Å². The quantitative estimate of drug-likeness (QED) is 0.303. The van der Waals surface area contributed by atoms with E-state index in [4.69, 9.17) is 20.7 Å². The third kappa shape index (κ3) is 7.50. The van der Waals surface area contributed by atoms with Gasteiger partial charge in [-0.25, -0.2) is 4.98 Å². The SMILES string of the molecule is Cl.Cl.NC1CCC(Nc2nc(NC3CCN(C(=O)C=Cc4ccccc4)CC3)c3ncn(C4CCCC4)c3n2)CC1. The Balaban J connectivity index is 0.00000194. The second-order valence-corrected chi connectivity index (χ2v) is 11.4. The van der Waals surface area contributed by atoms with Crippen molar-refractivity contribution < 1.29 is 4.79 Å². The number of aromatic nitrogens is 4. The molecule has 0 spiro atoms. The van der Waals surface area contributed by atoms with E-state index < -0.39 is 0 Å². The third-order valence-electron chi connectivity index (χ3n) is 8.61. The first-order valence-electron chi connectivity index (χ1n) is 14.7. The molecule has 0 unspecified atom stereocenters. The lowest BCUT2D eigenvalue weighted by molar-refractivity contribution is -0.126. The van der Waals surface area contributed by atoms with E-state index in [9.17, 15) is 4.79 Å². The zero-order valence-corrected chi connectivity index (χ0v) is 25.1. The van der Waals surface area contributed by atoms with Crippen LogP contribution in [-0.2, 0) is 4.79 Å². The Morgan fingerprint density at radius 1 is 0.878 bits per heavy atom. The van der Waals surface area contributed by atoms with Crippen molar-refractivity contribution in [3.05, 3.63) is 48.3 Å². The standard InChI is InChI=1S/C30H40N8O.2ClH/c31-22-11-13-23(14-12-22)34-30-35-28(27-29(36-30)38(20-32-27)25-8-4-5-9-25)33-24-16-18-37(19-17-24)26(39)15-10-21-6-2-1-3-7-21;;/h1-3,6-7,10,15,20,22-25H,4-5,8-9,11-14,16-19,31H2,(H2,33,34,35,36);2*1H. The van der Waals surface area contributed by atoms with Gasteiger partial charge in [0.25, 0.3) is 0 Å². The molecule has 3 fully saturated rings. The molecule has 0 radical (unpaired) electrons. The molecule has 3 aliphatic rings. The summed E-state index contributed by atoms with van der Waals surface area (Å²) in [6, 6.07) is 11.3. The van der Waals surface area contributed by atoms with Crippen molar-refractivity contribution in [3.8, 4) is 0 Å². The number of carbonyl (C=O) groups is 1. The van der Waals surface area contributed by atoms with Gasteiger partial charge in [0.2, 0.25) is 11.9 Å². The number of benzene rings is 1. The van der Waals surface area contributed by atoms with E-state index in [1.54, 1.807) is 6.08 Å². The summed E-state index contributed by atoms with van der Waals surface area (Å²) in [5.41, 5.74) is 8.91. The third-order valence-corrected chi connectivity index (χ3v) is 8.61. The van der Waals surface area contributed by atoms with Crippen LogP contribution in [0.2, 0.25) is 0 Å². The molecule has 11 heteroatoms. The summed E-state index contributed by atoms with van der Waals surface area (Å²) in [4.78, 5) is 29.4. The van der Waals surface area contributed by atoms with Gasteiger partial charge in [0.15, 0.2) is 17.0 Å². The number of fused-ring (bicyclic) bond motifs is 1. The fourth-order valence-electron chi connectivity index (χ4n) is 6.25. The van der Waals surface area contributed by atoms with E-state index in [-0.39, 0.29) is 36.8 Å². The summed E-state index contributed by atoms with van der Waals surface area (Å²) in [6.45, 7) is 1.43. The number of halogens is 2. The van der Waals surface area contributed by atoms with Gasteiger partial charge in [0, 0.05) is 43.3 Å². The fourth-order valence-corrected chi connectivity index (χ4v) is 6.25. The highest BCUT2D eigenvalue weighted by molar-refractivity contribution is 5.92. The Morgan fingerprint density at radius 2 is 1.56 bits per heavy atom. The number of piperidine rings is 1. The molecule has 0 atom stereocenters. The van der Waals surface area contributed by atoms with Gasteiger partial charge in [-0.05, 0) is 63.0 Å². The normalized spacial score (nSPS) is 21.9. The van der Waals surface area contributed by atoms with Gasteiger partial charge in [-0.3, -0.25) is 4.79 Å². The molecule has 2 aliphatic carbocycles. The molecule has 6 rings (SSSR count). The maximum absolute atomic E-state index is 12.8. The molecule has 0 bridgehead atoms. The molecular weight excluding hydrogens is 559 g/mol. The minimum Gasteiger partial charge on any atom is -0.365 e. The monoisotopic (exact) mass is 600 g/mol. The molecule has 3 aromatic rings. The van der Waals surface area contributed by atoms with E-state index >= 15 is 0 Å². The van der Waals surface area contributed by atoms with Crippen LogP contribution in [0.15, 0.2) is 42.7 Å². The molecule has 1 amide bonds. The zero-order chi connectivity index (χ0) is 26.6. The second-order valence-electron chi connectivity index (χ2n) is 11.4. The average molecular weight is 602 g/mol. The van der Waals surface area contributed by atoms with Gasteiger partial charge in [-0.1, -0.05) is 43.2 Å². The molecule has 1 aliphatic heterocycles. The van der Waals surface area contributed by atoms with Gasteiger partial charge in [-0.2, -0.15) is 9.97 Å². The summed E-state index contributed by atoms with van der Waals surface area (Å²) in [5, 5.41) is 7.30. The number of carbonyl (C=O) groups excluding carboxylic acids is 1. The predicted molar refractivity (Wildman–Crippen MR) is 170 cm³/mol. The molecule has 222 valence electrons. The zero-order valence-electron chi connectivity index (χ0n) is 23.5. The summed E-state index contributed by atoms with van der Waals surface area (Å²) in [7, 11) is 0. The predicted octanol–water partition coefficient (Wildman–Crippen LogP) is 5.58. The van der Waals surface area contributed by atoms with Crippen LogP contribution in [0.4, 0.5) is 11.8 Å². The number of amides is 1. The summed E-state index contributed by atoms with van der Waals surface area (Å²) < 4.78 is 2.26. The van der Waals surface area contributed by atoms with E-state index in [2.05, 4.69) is 15.2 Å². The summed E-state index contributed by atoms with van der Waals surface area (Å²) >= 11 is 0. The average Bonchev–Trinajstić information content (AvgIpc) is 3.64. The first kappa shape index (κ1) is 31.1. The van der Waals surface area contributed by atoms with Crippen LogP contribution in [-0.4, -0.2) is 61.5 Å². The van der Waals surface area contributed by atoms with E-state index in [0.29, 0.717) is 37.2 Å². The van der Waals surface area contributed by atoms with Crippen molar-refractivity contribution in [1.29, 1.82) is 0 Å². The maximum atomic E-state index is 12.8. The Kier molecular flexibility index (Phi) is 10.9. The highest BCUT2D eigenvalue weighted by Gasteiger charge is 2.26. The van der Waals surface area contributed by atoms with Crippen molar-refractivity contribution in [2.75, 3.05) is 23.7 Å². The maximum Gasteiger partial charge on any atom is 0.246 e. The lowest BCUT2D eigenvalue weighted by atomic mass is 9.92. The van der Waals surface area contributed by atoms with Gasteiger partial charge in [-0.15, -0.1) is 24.8 Å². The largest absolute Gasteiger partial charge is 0.365 e. The molecule has 1 saturated heterocycles. The number of imidazole rings is 1. The number of nitrogens with zero attached hydrogens (tertiary/aromatic N) is 5. The molecule has 1 aromatic carbocycles. The molecule has 2 saturated carbocycles. The Hall–Kier alpha value is -2.88. The molecule has 9 nitrogen and oxygen atoms in total. The number of anilines is 2. The molecule has 4 N–H and O–H groups in total. The van der Waals surface area contributed by atoms with Crippen LogP contribution < -0.4 is 16.4 Å². The lowest BCUT2D eigenvalue weighted by Gasteiger charge is -2.32. The second kappa shape index (κ2) is 14.3. The number of hydrogen-bond donors (Lipinski definition) is 3. The van der Waals surface area contributed by atoms with Crippen LogP contribution in [0.3, 0.4) is 0 Å². The lowest BCUT2D eigenvalue weighted by Crippen LogP contribution is -2.41. The number of nitrogens with two attached hydrogens (primary N) is 1. The van der Waals surface area contributed by atoms with Crippen LogP contribution >= 0.6 is 24.8 Å². The Labute approximate surface area is 254 Å². The van der Waals surface area contributed by atoms with Crippen LogP contribution in [0, 0.1) is 0 Å². The molecule has 2 aromatic heterocycles. The smallest absolute Gasteiger partial charge is 0.246 e. The van der Waals surface area contributed by atoms with Crippen LogP contribution in [0.1, 0.15) is 75.8 Å². The number of nitrogens with one attached hydrogen (secondary N) is 2. The highest BCUT2D eigenvalue weighted by Crippen LogP contribution is 2.34. The van der Waals surface area contributed by atoms with Gasteiger partial charge < -0.3 is 25.8 Å². The summed E-state index contributed by atoms with van der Waals surface area (Å²) in [5.74, 6) is 1.53. The number of hydrogen-bond acceptors (Lipinski definition) is 7. The van der Waals surface area contributed by atoms with Crippen molar-refractivity contribution in [1.82, 2.24) is 24.4 Å². The first-order chi connectivity index (χ1) is 19.1. The summed E-state index contributed by atoms with van der Waals surface area (Å²) in [6.07, 6.45) is 16.2. The van der Waals surface area contributed by atoms with Gasteiger partial charge in [0.1, 0.15) is 0 Å². The van der Waals surface area contributed by atoms with Gasteiger partial charge in [0.05, 0.1) is 6.33 Å². The van der Waals surface area contributed by atoms with E-state index in [0.717, 1.165) is 61.1 Å². The fraction of sp³-hybridized carbons (Fsp3) is 0.533. The molecule has 3 heterocycles. The number of likely N-dealkylation sites (tertiary alicyclic amines) is 1. The van der Waals surface area contributed by atoms with Crippen molar-refractivity contribution in [2.24, 2.45) is 5.73 Å². The van der Waals surface area contributed by atoms with Crippen molar-refractivity contribution in [3.63, 3.8) is 0 Å². The number of rotatable bonds is 7. The minimum atomic E-state index is 0. The highest BCUT2D eigenvalue weighted by atomic mass is 35.5.